The standard InChI is InChI=1S/C31H26P2/c1-4-16-27(17-5-1)32-30-22-12-10-14-25(30)24-26-15-11-13-23-31(26)33(28-18-6-2-7-19-28)29-20-8-3-9-21-29/h1-23,32H,24H2. The smallest absolute Gasteiger partial charge is 0.00129 e. The minimum absolute atomic E-state index is 0.618. The third kappa shape index (κ3) is 5.31. The third-order valence-corrected chi connectivity index (χ3v) is 9.64. The Labute approximate surface area is 199 Å². The second kappa shape index (κ2) is 10.7. The van der Waals surface area contributed by atoms with Crippen molar-refractivity contribution in [3.8, 4) is 0 Å². The van der Waals surface area contributed by atoms with Gasteiger partial charge in [0, 0.05) is 0 Å². The molecule has 0 N–H and O–H groups in total. The van der Waals surface area contributed by atoms with E-state index in [-0.39, 0.29) is 0 Å². The van der Waals surface area contributed by atoms with Gasteiger partial charge in [0.15, 0.2) is 0 Å². The van der Waals surface area contributed by atoms with Gasteiger partial charge >= 0.3 is 0 Å². The lowest BCUT2D eigenvalue weighted by atomic mass is 10.1. The zero-order chi connectivity index (χ0) is 22.3. The van der Waals surface area contributed by atoms with Gasteiger partial charge in [-0.2, -0.15) is 0 Å². The fraction of sp³-hybridized carbons (Fsp3) is 0.0323. The molecule has 0 aliphatic carbocycles. The first-order valence-corrected chi connectivity index (χ1v) is 13.6. The highest BCUT2D eigenvalue weighted by Gasteiger charge is 2.19. The summed E-state index contributed by atoms with van der Waals surface area (Å²) in [6, 6.07) is 50.7. The highest BCUT2D eigenvalue weighted by molar-refractivity contribution is 7.79. The van der Waals surface area contributed by atoms with Gasteiger partial charge in [0.1, 0.15) is 0 Å². The fourth-order valence-corrected chi connectivity index (χ4v) is 7.79. The van der Waals surface area contributed by atoms with E-state index in [2.05, 4.69) is 140 Å². The number of rotatable bonds is 7. The first-order chi connectivity index (χ1) is 16.4. The van der Waals surface area contributed by atoms with Crippen LogP contribution in [0.25, 0.3) is 0 Å². The fourth-order valence-electron chi connectivity index (χ4n) is 4.14. The van der Waals surface area contributed by atoms with Crippen LogP contribution in [0.3, 0.4) is 0 Å². The van der Waals surface area contributed by atoms with Gasteiger partial charge in [-0.3, -0.25) is 0 Å². The van der Waals surface area contributed by atoms with E-state index in [1.807, 2.05) is 0 Å². The molecule has 33 heavy (non-hydrogen) atoms. The molecule has 1 unspecified atom stereocenters. The quantitative estimate of drug-likeness (QED) is 0.275. The molecule has 0 fully saturated rings. The van der Waals surface area contributed by atoms with Crippen LogP contribution in [0, 0.1) is 0 Å². The van der Waals surface area contributed by atoms with Crippen LogP contribution in [0.15, 0.2) is 140 Å². The summed E-state index contributed by atoms with van der Waals surface area (Å²) in [6.07, 6.45) is 0.949. The van der Waals surface area contributed by atoms with Crippen molar-refractivity contribution in [1.29, 1.82) is 0 Å². The van der Waals surface area contributed by atoms with Gasteiger partial charge in [-0.25, -0.2) is 0 Å². The molecule has 0 aliphatic heterocycles. The molecular formula is C31H26P2. The van der Waals surface area contributed by atoms with E-state index >= 15 is 0 Å². The summed E-state index contributed by atoms with van der Waals surface area (Å²) in [7, 11) is 0.0511. The molecule has 0 aromatic heterocycles. The molecule has 0 saturated carbocycles. The Morgan fingerprint density at radius 2 is 0.939 bits per heavy atom. The Morgan fingerprint density at radius 1 is 0.455 bits per heavy atom. The molecule has 5 rings (SSSR count). The van der Waals surface area contributed by atoms with Crippen molar-refractivity contribution in [1.82, 2.24) is 0 Å². The van der Waals surface area contributed by atoms with Crippen LogP contribution in [0.2, 0.25) is 0 Å². The molecule has 0 saturated heterocycles. The number of hydrogen-bond donors (Lipinski definition) is 0. The van der Waals surface area contributed by atoms with Crippen molar-refractivity contribution < 1.29 is 0 Å². The van der Waals surface area contributed by atoms with Gasteiger partial charge in [0.25, 0.3) is 0 Å². The summed E-state index contributed by atoms with van der Waals surface area (Å²) >= 11 is 0. The minimum atomic E-state index is -0.618. The summed E-state index contributed by atoms with van der Waals surface area (Å²) in [4.78, 5) is 0. The lowest BCUT2D eigenvalue weighted by molar-refractivity contribution is 1.22. The molecule has 0 spiro atoms. The van der Waals surface area contributed by atoms with Crippen LogP contribution in [0.5, 0.6) is 0 Å². The Kier molecular flexibility index (Phi) is 7.08. The monoisotopic (exact) mass is 460 g/mol. The molecule has 0 bridgehead atoms. The maximum atomic E-state index is 2.34. The van der Waals surface area contributed by atoms with Crippen molar-refractivity contribution in [2.45, 2.75) is 6.42 Å². The van der Waals surface area contributed by atoms with Crippen LogP contribution in [-0.2, 0) is 6.42 Å². The Bertz CT molecular complexity index is 1260. The van der Waals surface area contributed by atoms with Crippen LogP contribution >= 0.6 is 16.5 Å². The highest BCUT2D eigenvalue weighted by atomic mass is 31.1. The van der Waals surface area contributed by atoms with Crippen molar-refractivity contribution in [3.63, 3.8) is 0 Å². The summed E-state index contributed by atoms with van der Waals surface area (Å²) in [6.45, 7) is 0. The van der Waals surface area contributed by atoms with Crippen molar-refractivity contribution in [2.24, 2.45) is 0 Å². The van der Waals surface area contributed by atoms with E-state index in [4.69, 9.17) is 0 Å². The average molecular weight is 460 g/mol. The van der Waals surface area contributed by atoms with Crippen molar-refractivity contribution >= 4 is 43.0 Å². The Morgan fingerprint density at radius 3 is 1.58 bits per heavy atom. The molecular weight excluding hydrogens is 434 g/mol. The second-order valence-corrected chi connectivity index (χ2v) is 11.5. The van der Waals surface area contributed by atoms with Crippen molar-refractivity contribution in [2.75, 3.05) is 0 Å². The van der Waals surface area contributed by atoms with E-state index in [9.17, 15) is 0 Å². The van der Waals surface area contributed by atoms with Crippen LogP contribution in [0.1, 0.15) is 11.1 Å². The van der Waals surface area contributed by atoms with Gasteiger partial charge in [-0.1, -0.05) is 148 Å². The maximum Gasteiger partial charge on any atom is -0.00129 e. The minimum Gasteiger partial charge on any atom is -0.0622 e. The SMILES string of the molecule is c1ccc(Pc2ccccc2Cc2ccccc2P(c2ccccc2)c2ccccc2)cc1. The predicted octanol–water partition coefficient (Wildman–Crippen LogP) is 5.66. The molecule has 0 aliphatic rings. The van der Waals surface area contributed by atoms with Crippen molar-refractivity contribution in [3.05, 3.63) is 151 Å². The molecule has 0 heterocycles. The Hall–Kier alpha value is -3.04. The third-order valence-electron chi connectivity index (χ3n) is 5.71. The molecule has 5 aromatic carbocycles. The van der Waals surface area contributed by atoms with Gasteiger partial charge in [-0.05, 0) is 52.0 Å². The van der Waals surface area contributed by atoms with Crippen LogP contribution in [-0.4, -0.2) is 0 Å². The van der Waals surface area contributed by atoms with E-state index in [1.54, 1.807) is 0 Å². The van der Waals surface area contributed by atoms with Crippen LogP contribution in [0.4, 0.5) is 0 Å². The summed E-state index contributed by atoms with van der Waals surface area (Å²) < 4.78 is 0. The van der Waals surface area contributed by atoms with Crippen LogP contribution < -0.4 is 26.5 Å². The predicted molar refractivity (Wildman–Crippen MR) is 148 cm³/mol. The topological polar surface area (TPSA) is 0 Å². The first-order valence-electron chi connectivity index (χ1n) is 11.3. The van der Waals surface area contributed by atoms with Gasteiger partial charge in [0.05, 0.1) is 0 Å². The lowest BCUT2D eigenvalue weighted by Crippen LogP contribution is -2.24. The van der Waals surface area contributed by atoms with Gasteiger partial charge in [0.2, 0.25) is 0 Å². The average Bonchev–Trinajstić information content (AvgIpc) is 2.88. The Balaban J connectivity index is 1.55. The van der Waals surface area contributed by atoms with Gasteiger partial charge in [-0.15, -0.1) is 0 Å². The largest absolute Gasteiger partial charge is 0.0622 e. The van der Waals surface area contributed by atoms with E-state index in [0.29, 0.717) is 8.58 Å². The molecule has 5 aromatic rings. The normalized spacial score (nSPS) is 11.3. The first kappa shape index (κ1) is 21.8. The maximum absolute atomic E-state index is 2.34. The molecule has 0 nitrogen and oxygen atoms in total. The van der Waals surface area contributed by atoms with Gasteiger partial charge < -0.3 is 0 Å². The molecule has 0 radical (unpaired) electrons. The second-order valence-electron chi connectivity index (χ2n) is 7.96. The molecule has 160 valence electrons. The molecule has 2 heteroatoms. The van der Waals surface area contributed by atoms with E-state index < -0.39 is 7.92 Å². The number of hydrogen-bond acceptors (Lipinski definition) is 0. The molecule has 0 amide bonds. The lowest BCUT2D eigenvalue weighted by Gasteiger charge is -2.23. The summed E-state index contributed by atoms with van der Waals surface area (Å²) in [5, 5.41) is 7.05. The van der Waals surface area contributed by atoms with E-state index in [1.165, 1.54) is 37.6 Å². The summed E-state index contributed by atoms with van der Waals surface area (Å²) in [5.74, 6) is 0. The number of benzene rings is 5. The molecule has 1 atom stereocenters. The highest BCUT2D eigenvalue weighted by Crippen LogP contribution is 2.34. The summed E-state index contributed by atoms with van der Waals surface area (Å²) in [5.41, 5.74) is 2.84. The van der Waals surface area contributed by atoms with E-state index in [0.717, 1.165) is 6.42 Å². The zero-order valence-electron chi connectivity index (χ0n) is 18.4. The zero-order valence-corrected chi connectivity index (χ0v) is 20.3.